The fraction of sp³-hybridized carbons (Fsp3) is 0. The van der Waals surface area contributed by atoms with Crippen molar-refractivity contribution in [3.05, 3.63) is 176 Å². The third kappa shape index (κ3) is 4.85. The van der Waals surface area contributed by atoms with E-state index in [9.17, 15) is 0 Å². The quantitative estimate of drug-likeness (QED) is 0.167. The van der Waals surface area contributed by atoms with Gasteiger partial charge in [-0.3, -0.25) is 4.57 Å². The van der Waals surface area contributed by atoms with Gasteiger partial charge < -0.3 is 0 Å². The van der Waals surface area contributed by atoms with E-state index in [0.717, 1.165) is 55.6 Å². The Morgan fingerprint density at radius 1 is 0.370 bits per heavy atom. The van der Waals surface area contributed by atoms with Gasteiger partial charge >= 0.3 is 0 Å². The maximum Gasteiger partial charge on any atom is 0.164 e. The molecule has 0 spiro atoms. The molecule has 0 fully saturated rings. The first kappa shape index (κ1) is 30.6. The minimum atomic E-state index is 0.622. The zero-order chi connectivity index (χ0) is 35.6. The van der Waals surface area contributed by atoms with E-state index in [0.29, 0.717) is 17.5 Å². The van der Waals surface area contributed by atoms with Gasteiger partial charge in [-0.2, -0.15) is 0 Å². The Hall–Kier alpha value is -7.02. The molecular formula is C48H29N5S. The minimum absolute atomic E-state index is 0.622. The van der Waals surface area contributed by atoms with Gasteiger partial charge in [0.15, 0.2) is 17.5 Å². The van der Waals surface area contributed by atoms with Gasteiger partial charge in [0.05, 0.1) is 11.0 Å². The highest BCUT2D eigenvalue weighted by Crippen LogP contribution is 2.44. The van der Waals surface area contributed by atoms with Crippen molar-refractivity contribution in [3.63, 3.8) is 0 Å². The lowest BCUT2D eigenvalue weighted by atomic mass is 10.00. The smallest absolute Gasteiger partial charge is 0.164 e. The molecular weight excluding hydrogens is 679 g/mol. The van der Waals surface area contributed by atoms with Crippen molar-refractivity contribution in [3.8, 4) is 51.2 Å². The van der Waals surface area contributed by atoms with Crippen LogP contribution in [0.5, 0.6) is 0 Å². The summed E-state index contributed by atoms with van der Waals surface area (Å²) in [6.45, 7) is 0. The maximum atomic E-state index is 5.57. The summed E-state index contributed by atoms with van der Waals surface area (Å²) in [4.78, 5) is 20.5. The fourth-order valence-electron chi connectivity index (χ4n) is 7.76. The highest BCUT2D eigenvalue weighted by atomic mass is 32.1. The third-order valence-electron chi connectivity index (χ3n) is 10.3. The summed E-state index contributed by atoms with van der Waals surface area (Å²) in [5, 5.41) is 7.22. The number of hydrogen-bond acceptors (Lipinski definition) is 5. The number of nitrogens with zero attached hydrogens (tertiary/aromatic N) is 5. The zero-order valence-electron chi connectivity index (χ0n) is 28.9. The first-order valence-corrected chi connectivity index (χ1v) is 18.8. The Morgan fingerprint density at radius 3 is 1.52 bits per heavy atom. The Kier molecular flexibility index (Phi) is 6.97. The van der Waals surface area contributed by atoms with Crippen molar-refractivity contribution in [1.29, 1.82) is 0 Å². The highest BCUT2D eigenvalue weighted by molar-refractivity contribution is 7.26. The van der Waals surface area contributed by atoms with E-state index >= 15 is 0 Å². The van der Waals surface area contributed by atoms with Crippen LogP contribution in [0.25, 0.3) is 104 Å². The molecule has 3 heterocycles. The van der Waals surface area contributed by atoms with Gasteiger partial charge in [0.25, 0.3) is 0 Å². The number of thiophene rings is 1. The summed E-state index contributed by atoms with van der Waals surface area (Å²) in [6.07, 6.45) is 0. The molecule has 252 valence electrons. The molecule has 8 aromatic carbocycles. The molecule has 0 aliphatic heterocycles. The van der Waals surface area contributed by atoms with Crippen LogP contribution in [0.4, 0.5) is 0 Å². The molecule has 11 rings (SSSR count). The average molecular weight is 708 g/mol. The standard InChI is InChI=1S/C48H29N5S/c1-3-14-30(15-4-1)45-50-46(31-16-5-2-6-17-31)52-47(51-45)32-26-28-33(29-27-32)53-43-38-22-10-8-19-35(38)34-18-7-9-21-37(34)42(43)49-48(53)40-24-13-23-39-36-20-11-12-25-41(36)54-44(39)40/h1-29H. The summed E-state index contributed by atoms with van der Waals surface area (Å²) in [5.74, 6) is 2.81. The Morgan fingerprint density at radius 2 is 0.870 bits per heavy atom. The molecule has 0 bridgehead atoms. The third-order valence-corrected chi connectivity index (χ3v) is 11.5. The molecule has 5 nitrogen and oxygen atoms in total. The molecule has 3 aromatic heterocycles. The van der Waals surface area contributed by atoms with E-state index in [1.54, 1.807) is 0 Å². The fourth-order valence-corrected chi connectivity index (χ4v) is 8.97. The molecule has 0 radical (unpaired) electrons. The molecule has 54 heavy (non-hydrogen) atoms. The van der Waals surface area contributed by atoms with Gasteiger partial charge in [0.1, 0.15) is 5.82 Å². The number of aromatic nitrogens is 5. The first-order valence-electron chi connectivity index (χ1n) is 18.0. The van der Waals surface area contributed by atoms with Crippen LogP contribution in [0, 0.1) is 0 Å². The lowest BCUT2D eigenvalue weighted by Gasteiger charge is -2.14. The molecule has 0 unspecified atom stereocenters. The number of imidazole rings is 1. The SMILES string of the molecule is c1ccc(-c2nc(-c3ccccc3)nc(-c3ccc(-n4c(-c5cccc6c5sc5ccccc56)nc5c6ccccc6c6ccccc6c54)cc3)n2)cc1. The van der Waals surface area contributed by atoms with Gasteiger partial charge in [-0.05, 0) is 47.2 Å². The lowest BCUT2D eigenvalue weighted by molar-refractivity contribution is 1.07. The van der Waals surface area contributed by atoms with Crippen molar-refractivity contribution in [2.24, 2.45) is 0 Å². The highest BCUT2D eigenvalue weighted by Gasteiger charge is 2.23. The van der Waals surface area contributed by atoms with Gasteiger partial charge in [-0.15, -0.1) is 11.3 Å². The second-order valence-electron chi connectivity index (χ2n) is 13.4. The Balaban J connectivity index is 1.16. The van der Waals surface area contributed by atoms with Crippen LogP contribution in [-0.2, 0) is 0 Å². The van der Waals surface area contributed by atoms with Crippen molar-refractivity contribution >= 4 is 64.1 Å². The second-order valence-corrected chi connectivity index (χ2v) is 14.5. The molecule has 0 saturated carbocycles. The predicted octanol–water partition coefficient (Wildman–Crippen LogP) is 12.6. The molecule has 0 saturated heterocycles. The molecule has 0 aliphatic carbocycles. The van der Waals surface area contributed by atoms with Gasteiger partial charge in [-0.25, -0.2) is 19.9 Å². The topological polar surface area (TPSA) is 56.5 Å². The molecule has 0 amide bonds. The van der Waals surface area contributed by atoms with Gasteiger partial charge in [0, 0.05) is 58.9 Å². The van der Waals surface area contributed by atoms with Crippen molar-refractivity contribution in [2.75, 3.05) is 0 Å². The monoisotopic (exact) mass is 707 g/mol. The number of rotatable bonds is 5. The van der Waals surface area contributed by atoms with Crippen LogP contribution in [0.15, 0.2) is 176 Å². The molecule has 11 aromatic rings. The normalized spacial score (nSPS) is 11.7. The number of fused-ring (bicyclic) bond motifs is 9. The predicted molar refractivity (Wildman–Crippen MR) is 224 cm³/mol. The molecule has 6 heteroatoms. The van der Waals surface area contributed by atoms with Crippen molar-refractivity contribution in [1.82, 2.24) is 24.5 Å². The van der Waals surface area contributed by atoms with Crippen molar-refractivity contribution < 1.29 is 0 Å². The Labute approximate surface area is 314 Å². The summed E-state index contributed by atoms with van der Waals surface area (Å²) in [7, 11) is 0. The van der Waals surface area contributed by atoms with E-state index in [2.05, 4.69) is 120 Å². The largest absolute Gasteiger partial charge is 0.292 e. The zero-order valence-corrected chi connectivity index (χ0v) is 29.7. The summed E-state index contributed by atoms with van der Waals surface area (Å²) >= 11 is 1.83. The van der Waals surface area contributed by atoms with Gasteiger partial charge in [0.2, 0.25) is 0 Å². The van der Waals surface area contributed by atoms with E-state index < -0.39 is 0 Å². The number of hydrogen-bond donors (Lipinski definition) is 0. The average Bonchev–Trinajstić information content (AvgIpc) is 3.84. The lowest BCUT2D eigenvalue weighted by Crippen LogP contribution is -2.01. The van der Waals surface area contributed by atoms with E-state index in [4.69, 9.17) is 19.9 Å². The number of benzene rings is 8. The molecule has 0 N–H and O–H groups in total. The maximum absolute atomic E-state index is 5.57. The van der Waals surface area contributed by atoms with Crippen LogP contribution in [0.3, 0.4) is 0 Å². The van der Waals surface area contributed by atoms with Crippen molar-refractivity contribution in [2.45, 2.75) is 0 Å². The Bertz CT molecular complexity index is 3140. The van der Waals surface area contributed by atoms with Gasteiger partial charge in [-0.1, -0.05) is 140 Å². The van der Waals surface area contributed by atoms with Crippen LogP contribution in [-0.4, -0.2) is 24.5 Å². The van der Waals surface area contributed by atoms with E-state index in [1.165, 1.54) is 30.9 Å². The summed E-state index contributed by atoms with van der Waals surface area (Å²) in [5.41, 5.74) is 6.98. The second kappa shape index (κ2) is 12.3. The van der Waals surface area contributed by atoms with Crippen LogP contribution in [0.2, 0.25) is 0 Å². The van der Waals surface area contributed by atoms with Crippen LogP contribution < -0.4 is 0 Å². The molecule has 0 aliphatic rings. The van der Waals surface area contributed by atoms with E-state index in [1.807, 2.05) is 72.0 Å². The van der Waals surface area contributed by atoms with Crippen LogP contribution in [0.1, 0.15) is 0 Å². The van der Waals surface area contributed by atoms with Crippen LogP contribution >= 0.6 is 11.3 Å². The van der Waals surface area contributed by atoms with E-state index in [-0.39, 0.29) is 0 Å². The minimum Gasteiger partial charge on any atom is -0.292 e. The summed E-state index contributed by atoms with van der Waals surface area (Å²) in [6, 6.07) is 61.4. The first-order chi connectivity index (χ1) is 26.8. The summed E-state index contributed by atoms with van der Waals surface area (Å²) < 4.78 is 4.85. The molecule has 0 atom stereocenters.